The molecule has 72 valence electrons. The summed E-state index contributed by atoms with van der Waals surface area (Å²) in [5.74, 6) is 0.122. The molecule has 6 heteroatoms. The minimum Gasteiger partial charge on any atom is -0.395 e. The molecule has 0 atom stereocenters. The van der Waals surface area contributed by atoms with Gasteiger partial charge in [0.15, 0.2) is 5.69 Å². The van der Waals surface area contributed by atoms with Crippen molar-refractivity contribution in [3.05, 3.63) is 11.5 Å². The Morgan fingerprint density at radius 1 is 1.69 bits per heavy atom. The molecule has 0 saturated heterocycles. The second-order valence-corrected chi connectivity index (χ2v) is 2.63. The molecule has 0 aromatic carbocycles. The van der Waals surface area contributed by atoms with Crippen LogP contribution in [0.5, 0.6) is 0 Å². The number of carbonyl (C=O) groups excluding carboxylic acids is 1. The van der Waals surface area contributed by atoms with Crippen LogP contribution in [-0.4, -0.2) is 27.2 Å². The zero-order valence-electron chi connectivity index (χ0n) is 7.32. The summed E-state index contributed by atoms with van der Waals surface area (Å²) in [4.78, 5) is 14.7. The molecule has 1 aromatic rings. The Hall–Kier alpha value is -1.56. The monoisotopic (exact) mass is 184 g/mol. The van der Waals surface area contributed by atoms with Crippen LogP contribution in [0.2, 0.25) is 0 Å². The van der Waals surface area contributed by atoms with Crippen LogP contribution in [0.15, 0.2) is 0 Å². The van der Waals surface area contributed by atoms with E-state index in [1.807, 2.05) is 0 Å². The summed E-state index contributed by atoms with van der Waals surface area (Å²) in [6.07, 6.45) is 0. The number of nitrogen functional groups attached to an aromatic ring is 1. The number of rotatable bonds is 3. The van der Waals surface area contributed by atoms with Gasteiger partial charge < -0.3 is 21.1 Å². The van der Waals surface area contributed by atoms with Crippen LogP contribution in [-0.2, 0) is 6.54 Å². The number of anilines is 1. The number of primary amides is 1. The number of hydrogen-bond donors (Lipinski definition) is 3. The second-order valence-electron chi connectivity index (χ2n) is 2.63. The molecule has 1 rings (SSSR count). The number of nitrogens with zero attached hydrogens (tertiary/aromatic N) is 2. The molecule has 13 heavy (non-hydrogen) atoms. The van der Waals surface area contributed by atoms with Gasteiger partial charge in [-0.25, -0.2) is 4.98 Å². The summed E-state index contributed by atoms with van der Waals surface area (Å²) >= 11 is 0. The van der Waals surface area contributed by atoms with Crippen molar-refractivity contribution in [1.29, 1.82) is 0 Å². The highest BCUT2D eigenvalue weighted by molar-refractivity contribution is 5.95. The van der Waals surface area contributed by atoms with E-state index < -0.39 is 5.91 Å². The topological polar surface area (TPSA) is 107 Å². The molecule has 6 nitrogen and oxygen atoms in total. The third-order valence-corrected chi connectivity index (χ3v) is 1.75. The van der Waals surface area contributed by atoms with Crippen LogP contribution in [0.1, 0.15) is 16.3 Å². The Morgan fingerprint density at radius 2 is 2.31 bits per heavy atom. The standard InChI is InChI=1S/C7H12N4O2/c1-4-10-5(7(9)13)6(8)11(4)2-3-12/h12H,2-3,8H2,1H3,(H2,9,13). The lowest BCUT2D eigenvalue weighted by atomic mass is 10.4. The Morgan fingerprint density at radius 3 is 2.69 bits per heavy atom. The first-order valence-electron chi connectivity index (χ1n) is 3.81. The number of aliphatic hydroxyl groups is 1. The van der Waals surface area contributed by atoms with Crippen molar-refractivity contribution in [3.8, 4) is 0 Å². The summed E-state index contributed by atoms with van der Waals surface area (Å²) in [7, 11) is 0. The van der Waals surface area contributed by atoms with Crippen LogP contribution >= 0.6 is 0 Å². The van der Waals surface area contributed by atoms with Gasteiger partial charge in [0.25, 0.3) is 5.91 Å². The van der Waals surface area contributed by atoms with Gasteiger partial charge in [0, 0.05) is 6.54 Å². The first-order chi connectivity index (χ1) is 6.07. The molecule has 0 spiro atoms. The van der Waals surface area contributed by atoms with Crippen LogP contribution < -0.4 is 11.5 Å². The minimum atomic E-state index is -0.655. The molecule has 0 unspecified atom stereocenters. The van der Waals surface area contributed by atoms with Crippen molar-refractivity contribution in [2.45, 2.75) is 13.5 Å². The van der Waals surface area contributed by atoms with E-state index in [1.54, 1.807) is 11.5 Å². The van der Waals surface area contributed by atoms with E-state index in [1.165, 1.54) is 0 Å². The number of hydrogen-bond acceptors (Lipinski definition) is 4. The van der Waals surface area contributed by atoms with E-state index in [4.69, 9.17) is 16.6 Å². The molecule has 0 aliphatic rings. The summed E-state index contributed by atoms with van der Waals surface area (Å²) < 4.78 is 1.54. The minimum absolute atomic E-state index is 0.0560. The quantitative estimate of drug-likeness (QED) is 0.552. The van der Waals surface area contributed by atoms with E-state index in [0.717, 1.165) is 0 Å². The molecule has 1 aromatic heterocycles. The van der Waals surface area contributed by atoms with E-state index in [-0.39, 0.29) is 18.1 Å². The smallest absolute Gasteiger partial charge is 0.271 e. The zero-order valence-corrected chi connectivity index (χ0v) is 7.32. The molecule has 1 amide bonds. The molecule has 0 radical (unpaired) electrons. The lowest BCUT2D eigenvalue weighted by molar-refractivity contribution is 0.0996. The summed E-state index contributed by atoms with van der Waals surface area (Å²) in [5.41, 5.74) is 10.7. The van der Waals surface area contributed by atoms with Gasteiger partial charge in [-0.1, -0.05) is 0 Å². The van der Waals surface area contributed by atoms with E-state index in [2.05, 4.69) is 4.98 Å². The van der Waals surface area contributed by atoms with Gasteiger partial charge in [0.1, 0.15) is 11.6 Å². The Labute approximate surface area is 75.2 Å². The maximum atomic E-state index is 10.8. The molecular weight excluding hydrogens is 172 g/mol. The van der Waals surface area contributed by atoms with E-state index in [9.17, 15) is 4.79 Å². The van der Waals surface area contributed by atoms with Crippen LogP contribution in [0, 0.1) is 6.92 Å². The average Bonchev–Trinajstić information content (AvgIpc) is 2.32. The number of imidazole rings is 1. The van der Waals surface area contributed by atoms with Crippen molar-refractivity contribution in [3.63, 3.8) is 0 Å². The maximum Gasteiger partial charge on any atom is 0.271 e. The Bertz CT molecular complexity index is 331. The van der Waals surface area contributed by atoms with Gasteiger partial charge in [-0.2, -0.15) is 0 Å². The molecule has 0 aliphatic carbocycles. The first-order valence-corrected chi connectivity index (χ1v) is 3.81. The highest BCUT2D eigenvalue weighted by Crippen LogP contribution is 2.12. The molecule has 0 saturated carbocycles. The lowest BCUT2D eigenvalue weighted by Crippen LogP contribution is -2.15. The van der Waals surface area contributed by atoms with Crippen molar-refractivity contribution < 1.29 is 9.90 Å². The number of aryl methyl sites for hydroxylation is 1. The number of aliphatic hydroxyl groups excluding tert-OH is 1. The summed E-state index contributed by atoms with van der Waals surface area (Å²) in [5, 5.41) is 8.70. The third-order valence-electron chi connectivity index (χ3n) is 1.75. The van der Waals surface area contributed by atoms with Crippen molar-refractivity contribution in [2.24, 2.45) is 5.73 Å². The zero-order chi connectivity index (χ0) is 10.0. The first kappa shape index (κ1) is 9.53. The van der Waals surface area contributed by atoms with Crippen molar-refractivity contribution >= 4 is 11.7 Å². The number of amides is 1. The number of nitrogens with two attached hydrogens (primary N) is 2. The van der Waals surface area contributed by atoms with Gasteiger partial charge in [0.05, 0.1) is 6.61 Å². The van der Waals surface area contributed by atoms with Gasteiger partial charge in [-0.15, -0.1) is 0 Å². The predicted octanol–water partition coefficient (Wildman–Crippen LogP) is -1.14. The molecule has 0 bridgehead atoms. The highest BCUT2D eigenvalue weighted by atomic mass is 16.3. The van der Waals surface area contributed by atoms with Gasteiger partial charge in [-0.3, -0.25) is 4.79 Å². The molecular formula is C7H12N4O2. The summed E-state index contributed by atoms with van der Waals surface area (Å²) in [6, 6.07) is 0. The third kappa shape index (κ3) is 1.62. The van der Waals surface area contributed by atoms with Crippen LogP contribution in [0.25, 0.3) is 0 Å². The largest absolute Gasteiger partial charge is 0.395 e. The van der Waals surface area contributed by atoms with Crippen molar-refractivity contribution in [1.82, 2.24) is 9.55 Å². The molecule has 1 heterocycles. The van der Waals surface area contributed by atoms with Crippen LogP contribution in [0.4, 0.5) is 5.82 Å². The summed E-state index contributed by atoms with van der Waals surface area (Å²) in [6.45, 7) is 1.95. The fourth-order valence-corrected chi connectivity index (χ4v) is 1.15. The van der Waals surface area contributed by atoms with Gasteiger partial charge in [0.2, 0.25) is 0 Å². The molecule has 5 N–H and O–H groups in total. The number of carbonyl (C=O) groups is 1. The second kappa shape index (κ2) is 3.44. The molecule has 0 fully saturated rings. The van der Waals surface area contributed by atoms with E-state index >= 15 is 0 Å². The lowest BCUT2D eigenvalue weighted by Gasteiger charge is -2.03. The number of aromatic nitrogens is 2. The normalized spacial score (nSPS) is 10.3. The maximum absolute atomic E-state index is 10.8. The average molecular weight is 184 g/mol. The molecule has 0 aliphatic heterocycles. The fraction of sp³-hybridized carbons (Fsp3) is 0.429. The van der Waals surface area contributed by atoms with Crippen LogP contribution in [0.3, 0.4) is 0 Å². The van der Waals surface area contributed by atoms with Gasteiger partial charge >= 0.3 is 0 Å². The van der Waals surface area contributed by atoms with Crippen molar-refractivity contribution in [2.75, 3.05) is 12.3 Å². The fourth-order valence-electron chi connectivity index (χ4n) is 1.15. The predicted molar refractivity (Wildman–Crippen MR) is 47.0 cm³/mol. The Kier molecular flexibility index (Phi) is 2.52. The SMILES string of the molecule is Cc1nc(C(N)=O)c(N)n1CCO. The van der Waals surface area contributed by atoms with Gasteiger partial charge in [-0.05, 0) is 6.92 Å². The van der Waals surface area contributed by atoms with E-state index in [0.29, 0.717) is 12.4 Å². The highest BCUT2D eigenvalue weighted by Gasteiger charge is 2.15. The Balaban J connectivity index is 3.14.